The molecule has 0 heterocycles. The lowest BCUT2D eigenvalue weighted by Gasteiger charge is -2.07. The molecular formula is C10H11ClFN3O2S. The van der Waals surface area contributed by atoms with Crippen LogP contribution in [0.15, 0.2) is 35.4 Å². The first kappa shape index (κ1) is 14.5. The Morgan fingerprint density at radius 1 is 1.50 bits per heavy atom. The van der Waals surface area contributed by atoms with Crippen LogP contribution in [0.25, 0.3) is 0 Å². The Kier molecular flexibility index (Phi) is 4.69. The topological polar surface area (TPSA) is 82.1 Å². The number of sulfonamides is 1. The Morgan fingerprint density at radius 2 is 2.17 bits per heavy atom. The molecule has 8 heteroatoms. The molecule has 0 amide bonds. The van der Waals surface area contributed by atoms with E-state index < -0.39 is 15.8 Å². The van der Waals surface area contributed by atoms with E-state index in [0.717, 1.165) is 18.2 Å². The first-order chi connectivity index (χ1) is 8.36. The zero-order chi connectivity index (χ0) is 13.8. The quantitative estimate of drug-likeness (QED) is 0.580. The van der Waals surface area contributed by atoms with Gasteiger partial charge < -0.3 is 5.32 Å². The van der Waals surface area contributed by atoms with Gasteiger partial charge in [0.05, 0.1) is 9.92 Å². The van der Waals surface area contributed by atoms with Gasteiger partial charge in [0.25, 0.3) is 10.0 Å². The van der Waals surface area contributed by atoms with Crippen LogP contribution in [0.5, 0.6) is 0 Å². The van der Waals surface area contributed by atoms with Crippen molar-refractivity contribution in [1.29, 1.82) is 5.41 Å². The van der Waals surface area contributed by atoms with Crippen LogP contribution in [-0.4, -0.2) is 21.3 Å². The molecule has 0 unspecified atom stereocenters. The highest BCUT2D eigenvalue weighted by atomic mass is 35.5. The maximum atomic E-state index is 12.9. The molecule has 0 radical (unpaired) electrons. The summed E-state index contributed by atoms with van der Waals surface area (Å²) < 4.78 is 38.5. The summed E-state index contributed by atoms with van der Waals surface area (Å²) in [5, 5.41) is 9.69. The number of hydrogen-bond donors (Lipinski definition) is 3. The predicted molar refractivity (Wildman–Crippen MR) is 67.7 cm³/mol. The molecule has 98 valence electrons. The molecule has 0 fully saturated rings. The van der Waals surface area contributed by atoms with E-state index in [-0.39, 0.29) is 15.8 Å². The van der Waals surface area contributed by atoms with Gasteiger partial charge in [-0.1, -0.05) is 11.6 Å². The largest absolute Gasteiger partial charge is 0.394 e. The van der Waals surface area contributed by atoms with Gasteiger partial charge in [-0.15, -0.1) is 0 Å². The van der Waals surface area contributed by atoms with Crippen LogP contribution in [0.3, 0.4) is 0 Å². The van der Waals surface area contributed by atoms with Crippen LogP contribution in [0, 0.1) is 11.2 Å². The smallest absolute Gasteiger partial charge is 0.263 e. The second-order valence-corrected chi connectivity index (χ2v) is 5.31. The number of amidine groups is 1. The summed E-state index contributed by atoms with van der Waals surface area (Å²) in [7, 11) is -2.32. The van der Waals surface area contributed by atoms with Gasteiger partial charge in [-0.25, -0.2) is 12.8 Å². The van der Waals surface area contributed by atoms with Crippen molar-refractivity contribution >= 4 is 27.5 Å². The highest BCUT2D eigenvalue weighted by molar-refractivity contribution is 7.90. The van der Waals surface area contributed by atoms with Crippen molar-refractivity contribution in [1.82, 2.24) is 10.0 Å². The molecule has 18 heavy (non-hydrogen) atoms. The van der Waals surface area contributed by atoms with Crippen LogP contribution in [0.4, 0.5) is 4.39 Å². The van der Waals surface area contributed by atoms with Crippen LogP contribution in [0.2, 0.25) is 5.02 Å². The molecule has 0 atom stereocenters. The zero-order valence-corrected chi connectivity index (χ0v) is 10.9. The fraction of sp³-hybridized carbons (Fsp3) is 0.100. The van der Waals surface area contributed by atoms with Crippen molar-refractivity contribution in [2.24, 2.45) is 0 Å². The average Bonchev–Trinajstić information content (AvgIpc) is 2.29. The molecular weight excluding hydrogens is 281 g/mol. The third-order valence-corrected chi connectivity index (χ3v) is 3.52. The SMILES string of the molecule is CN/C=C\C(=N)NS(=O)(=O)c1ccc(F)c(Cl)c1. The Bertz CT molecular complexity index is 587. The van der Waals surface area contributed by atoms with Crippen molar-refractivity contribution in [2.45, 2.75) is 4.90 Å². The maximum absolute atomic E-state index is 12.9. The van der Waals surface area contributed by atoms with Crippen molar-refractivity contribution in [2.75, 3.05) is 7.05 Å². The Morgan fingerprint density at radius 3 is 2.72 bits per heavy atom. The molecule has 0 aromatic heterocycles. The molecule has 1 aromatic carbocycles. The standard InChI is InChI=1S/C10H11ClFN3O2S/c1-14-5-4-10(13)15-18(16,17)7-2-3-9(12)8(11)6-7/h2-6,14H,1H3,(H2,13,15)/b5-4-. The minimum absolute atomic E-state index is 0.212. The van der Waals surface area contributed by atoms with Gasteiger partial charge in [0, 0.05) is 7.05 Å². The molecule has 3 N–H and O–H groups in total. The van der Waals surface area contributed by atoms with E-state index in [1.807, 2.05) is 4.72 Å². The highest BCUT2D eigenvalue weighted by Gasteiger charge is 2.16. The Labute approximate surface area is 109 Å². The van der Waals surface area contributed by atoms with E-state index in [2.05, 4.69) is 5.32 Å². The summed E-state index contributed by atoms with van der Waals surface area (Å²) in [5.41, 5.74) is 0. The van der Waals surface area contributed by atoms with Gasteiger partial charge in [-0.2, -0.15) is 0 Å². The van der Waals surface area contributed by atoms with E-state index in [1.54, 1.807) is 7.05 Å². The summed E-state index contributed by atoms with van der Waals surface area (Å²) >= 11 is 5.50. The molecule has 1 aromatic rings. The minimum atomic E-state index is -3.93. The molecule has 0 aliphatic heterocycles. The third kappa shape index (κ3) is 3.71. The Balaban J connectivity index is 2.96. The molecule has 0 bridgehead atoms. The van der Waals surface area contributed by atoms with Crippen LogP contribution in [-0.2, 0) is 10.0 Å². The van der Waals surface area contributed by atoms with Gasteiger partial charge in [-0.3, -0.25) is 10.1 Å². The summed E-state index contributed by atoms with van der Waals surface area (Å²) in [4.78, 5) is -0.212. The maximum Gasteiger partial charge on any atom is 0.263 e. The molecule has 0 saturated carbocycles. The van der Waals surface area contributed by atoms with Crippen molar-refractivity contribution in [3.05, 3.63) is 41.3 Å². The van der Waals surface area contributed by atoms with E-state index in [4.69, 9.17) is 17.0 Å². The molecule has 0 aliphatic carbocycles. The fourth-order valence-electron chi connectivity index (χ4n) is 1.05. The van der Waals surface area contributed by atoms with E-state index in [0.29, 0.717) is 0 Å². The van der Waals surface area contributed by atoms with E-state index in [1.165, 1.54) is 12.3 Å². The number of nitrogens with one attached hydrogen (secondary N) is 3. The lowest BCUT2D eigenvalue weighted by molar-refractivity contribution is 0.591. The first-order valence-electron chi connectivity index (χ1n) is 4.77. The summed E-state index contributed by atoms with van der Waals surface area (Å²) in [6.07, 6.45) is 2.62. The van der Waals surface area contributed by atoms with Gasteiger partial charge in [0.2, 0.25) is 0 Å². The molecule has 0 spiro atoms. The fourth-order valence-corrected chi connectivity index (χ4v) is 2.29. The van der Waals surface area contributed by atoms with E-state index in [9.17, 15) is 12.8 Å². The van der Waals surface area contributed by atoms with Crippen LogP contribution < -0.4 is 10.0 Å². The minimum Gasteiger partial charge on any atom is -0.394 e. The number of hydrogen-bond acceptors (Lipinski definition) is 4. The normalized spacial score (nSPS) is 11.5. The average molecular weight is 292 g/mol. The lowest BCUT2D eigenvalue weighted by atomic mass is 10.3. The van der Waals surface area contributed by atoms with Crippen molar-refractivity contribution < 1.29 is 12.8 Å². The second kappa shape index (κ2) is 5.83. The van der Waals surface area contributed by atoms with E-state index >= 15 is 0 Å². The monoisotopic (exact) mass is 291 g/mol. The molecule has 0 aliphatic rings. The van der Waals surface area contributed by atoms with Crippen molar-refractivity contribution in [3.63, 3.8) is 0 Å². The summed E-state index contributed by atoms with van der Waals surface area (Å²) in [6, 6.07) is 3.00. The molecule has 5 nitrogen and oxygen atoms in total. The number of halogens is 2. The second-order valence-electron chi connectivity index (χ2n) is 3.22. The Hall–Kier alpha value is -1.60. The van der Waals surface area contributed by atoms with Gasteiger partial charge >= 0.3 is 0 Å². The first-order valence-corrected chi connectivity index (χ1v) is 6.63. The van der Waals surface area contributed by atoms with Crippen LogP contribution in [0.1, 0.15) is 0 Å². The van der Waals surface area contributed by atoms with Crippen LogP contribution >= 0.6 is 11.6 Å². The molecule has 1 rings (SSSR count). The zero-order valence-electron chi connectivity index (χ0n) is 9.37. The number of benzene rings is 1. The van der Waals surface area contributed by atoms with Gasteiger partial charge in [0.1, 0.15) is 11.7 Å². The van der Waals surface area contributed by atoms with Gasteiger partial charge in [-0.05, 0) is 30.5 Å². The van der Waals surface area contributed by atoms with Crippen molar-refractivity contribution in [3.8, 4) is 0 Å². The predicted octanol–water partition coefficient (Wildman–Crippen LogP) is 1.47. The summed E-state index contributed by atoms with van der Waals surface area (Å²) in [6.45, 7) is 0. The van der Waals surface area contributed by atoms with Gasteiger partial charge in [0.15, 0.2) is 0 Å². The lowest BCUT2D eigenvalue weighted by Crippen LogP contribution is -2.28. The molecule has 0 saturated heterocycles. The highest BCUT2D eigenvalue weighted by Crippen LogP contribution is 2.19. The summed E-state index contributed by atoms with van der Waals surface area (Å²) in [5.74, 6) is -1.04. The third-order valence-electron chi connectivity index (χ3n) is 1.86. The number of rotatable bonds is 4.